The first-order valence-electron chi connectivity index (χ1n) is 6.39. The van der Waals surface area contributed by atoms with Gasteiger partial charge in [-0.25, -0.2) is 9.67 Å². The molecule has 0 atom stereocenters. The number of para-hydroxylation sites is 1. The van der Waals surface area contributed by atoms with E-state index in [4.69, 9.17) is 4.74 Å². The topological polar surface area (TPSA) is 39.9 Å². The molecule has 0 fully saturated rings. The van der Waals surface area contributed by atoms with E-state index in [0.717, 1.165) is 22.7 Å². The molecule has 3 rings (SSSR count). The largest absolute Gasteiger partial charge is 0.496 e. The van der Waals surface area contributed by atoms with Crippen molar-refractivity contribution in [2.75, 3.05) is 7.11 Å². The maximum Gasteiger partial charge on any atom is 0.185 e. The Labute approximate surface area is 117 Å². The minimum Gasteiger partial charge on any atom is -0.496 e. The van der Waals surface area contributed by atoms with Crippen molar-refractivity contribution >= 4 is 0 Å². The summed E-state index contributed by atoms with van der Waals surface area (Å²) in [6.07, 6.45) is 0. The number of hydrogen-bond donors (Lipinski definition) is 0. The van der Waals surface area contributed by atoms with Crippen LogP contribution in [0.1, 0.15) is 0 Å². The van der Waals surface area contributed by atoms with Crippen molar-refractivity contribution in [3.8, 4) is 28.5 Å². The molecule has 0 spiro atoms. The summed E-state index contributed by atoms with van der Waals surface area (Å²) in [5.41, 5.74) is 1.94. The van der Waals surface area contributed by atoms with Gasteiger partial charge in [0.05, 0.1) is 12.7 Å². The van der Waals surface area contributed by atoms with E-state index in [0.29, 0.717) is 5.82 Å². The standard InChI is InChI=1S/C16H15N3O/c1-19-16(12-8-4-3-5-9-12)17-15(18-19)13-10-6-7-11-14(13)20-2/h3-11H,1-2H3. The summed E-state index contributed by atoms with van der Waals surface area (Å²) in [6.45, 7) is 0. The highest BCUT2D eigenvalue weighted by Crippen LogP contribution is 2.28. The van der Waals surface area contributed by atoms with Crippen LogP contribution in [0.15, 0.2) is 54.6 Å². The Balaban J connectivity index is 2.09. The molecular formula is C16H15N3O. The Morgan fingerprint density at radius 3 is 2.40 bits per heavy atom. The summed E-state index contributed by atoms with van der Waals surface area (Å²) in [5.74, 6) is 2.29. The second kappa shape index (κ2) is 5.17. The quantitative estimate of drug-likeness (QED) is 0.730. The highest BCUT2D eigenvalue weighted by Gasteiger charge is 2.13. The summed E-state index contributed by atoms with van der Waals surface area (Å²) < 4.78 is 7.15. The van der Waals surface area contributed by atoms with Gasteiger partial charge in [0.1, 0.15) is 5.75 Å². The lowest BCUT2D eigenvalue weighted by Gasteiger charge is -2.03. The molecule has 0 unspecified atom stereocenters. The number of benzene rings is 2. The minimum atomic E-state index is 0.670. The summed E-state index contributed by atoms with van der Waals surface area (Å²) in [6, 6.07) is 17.8. The van der Waals surface area contributed by atoms with Crippen molar-refractivity contribution in [3.05, 3.63) is 54.6 Å². The molecule has 0 aliphatic rings. The summed E-state index contributed by atoms with van der Waals surface area (Å²) >= 11 is 0. The van der Waals surface area contributed by atoms with Gasteiger partial charge in [-0.3, -0.25) is 0 Å². The highest BCUT2D eigenvalue weighted by atomic mass is 16.5. The number of ether oxygens (including phenoxy) is 1. The van der Waals surface area contributed by atoms with E-state index >= 15 is 0 Å². The number of aromatic nitrogens is 3. The van der Waals surface area contributed by atoms with Crippen molar-refractivity contribution in [2.45, 2.75) is 0 Å². The maximum atomic E-state index is 5.37. The molecule has 4 heteroatoms. The number of aryl methyl sites for hydroxylation is 1. The molecule has 100 valence electrons. The molecule has 3 aromatic rings. The van der Waals surface area contributed by atoms with Crippen molar-refractivity contribution in [1.82, 2.24) is 14.8 Å². The van der Waals surface area contributed by atoms with E-state index in [1.807, 2.05) is 61.6 Å². The first-order valence-corrected chi connectivity index (χ1v) is 6.39. The third-order valence-corrected chi connectivity index (χ3v) is 3.14. The average Bonchev–Trinajstić information content (AvgIpc) is 2.90. The van der Waals surface area contributed by atoms with E-state index < -0.39 is 0 Å². The molecule has 0 aliphatic heterocycles. The van der Waals surface area contributed by atoms with Crippen molar-refractivity contribution in [3.63, 3.8) is 0 Å². The third kappa shape index (κ3) is 2.16. The van der Waals surface area contributed by atoms with Crippen LogP contribution in [0.4, 0.5) is 0 Å². The Morgan fingerprint density at radius 1 is 0.950 bits per heavy atom. The van der Waals surface area contributed by atoms with Crippen molar-refractivity contribution in [1.29, 1.82) is 0 Å². The summed E-state index contributed by atoms with van der Waals surface area (Å²) in [7, 11) is 3.55. The predicted molar refractivity (Wildman–Crippen MR) is 78.4 cm³/mol. The van der Waals surface area contributed by atoms with Crippen molar-refractivity contribution < 1.29 is 4.74 Å². The SMILES string of the molecule is COc1ccccc1-c1nc(-c2ccccc2)n(C)n1. The van der Waals surface area contributed by atoms with Gasteiger partial charge in [-0.05, 0) is 12.1 Å². The number of nitrogens with zero attached hydrogens (tertiary/aromatic N) is 3. The van der Waals surface area contributed by atoms with E-state index in [9.17, 15) is 0 Å². The van der Waals surface area contributed by atoms with Gasteiger partial charge in [0.2, 0.25) is 0 Å². The molecular weight excluding hydrogens is 250 g/mol. The zero-order chi connectivity index (χ0) is 13.9. The number of hydrogen-bond acceptors (Lipinski definition) is 3. The zero-order valence-corrected chi connectivity index (χ0v) is 11.4. The van der Waals surface area contributed by atoms with Gasteiger partial charge in [-0.15, -0.1) is 0 Å². The molecule has 0 saturated carbocycles. The highest BCUT2D eigenvalue weighted by molar-refractivity contribution is 5.66. The van der Waals surface area contributed by atoms with E-state index in [1.165, 1.54) is 0 Å². The van der Waals surface area contributed by atoms with Gasteiger partial charge in [-0.2, -0.15) is 5.10 Å². The molecule has 0 saturated heterocycles. The Hall–Kier alpha value is -2.62. The second-order valence-electron chi connectivity index (χ2n) is 4.45. The lowest BCUT2D eigenvalue weighted by Crippen LogP contribution is -1.94. The third-order valence-electron chi connectivity index (χ3n) is 3.14. The Bertz CT molecular complexity index is 720. The second-order valence-corrected chi connectivity index (χ2v) is 4.45. The molecule has 1 aromatic heterocycles. The van der Waals surface area contributed by atoms with Crippen LogP contribution in [0.2, 0.25) is 0 Å². The van der Waals surface area contributed by atoms with Gasteiger partial charge in [0, 0.05) is 12.6 Å². The van der Waals surface area contributed by atoms with Crippen LogP contribution < -0.4 is 4.74 Å². The van der Waals surface area contributed by atoms with Crippen LogP contribution in [0.5, 0.6) is 5.75 Å². The van der Waals surface area contributed by atoms with E-state index in [2.05, 4.69) is 10.1 Å². The van der Waals surface area contributed by atoms with Crippen LogP contribution in [-0.2, 0) is 7.05 Å². The monoisotopic (exact) mass is 265 g/mol. The Morgan fingerprint density at radius 2 is 1.65 bits per heavy atom. The molecule has 0 bridgehead atoms. The smallest absolute Gasteiger partial charge is 0.185 e. The normalized spacial score (nSPS) is 10.5. The molecule has 2 aromatic carbocycles. The molecule has 0 radical (unpaired) electrons. The summed E-state index contributed by atoms with van der Waals surface area (Å²) in [4.78, 5) is 4.63. The molecule has 0 N–H and O–H groups in total. The fraction of sp³-hybridized carbons (Fsp3) is 0.125. The number of rotatable bonds is 3. The minimum absolute atomic E-state index is 0.670. The maximum absolute atomic E-state index is 5.37. The van der Waals surface area contributed by atoms with Gasteiger partial charge < -0.3 is 4.74 Å². The van der Waals surface area contributed by atoms with E-state index in [-0.39, 0.29) is 0 Å². The zero-order valence-electron chi connectivity index (χ0n) is 11.4. The predicted octanol–water partition coefficient (Wildman–Crippen LogP) is 3.16. The molecule has 0 amide bonds. The van der Waals surface area contributed by atoms with Crippen LogP contribution >= 0.6 is 0 Å². The van der Waals surface area contributed by atoms with Crippen molar-refractivity contribution in [2.24, 2.45) is 7.05 Å². The fourth-order valence-corrected chi connectivity index (χ4v) is 2.17. The first kappa shape index (κ1) is 12.4. The lowest BCUT2D eigenvalue weighted by atomic mass is 10.2. The molecule has 1 heterocycles. The molecule has 20 heavy (non-hydrogen) atoms. The van der Waals surface area contributed by atoms with Crippen LogP contribution in [0, 0.1) is 0 Å². The fourth-order valence-electron chi connectivity index (χ4n) is 2.17. The van der Waals surface area contributed by atoms with Gasteiger partial charge in [0.25, 0.3) is 0 Å². The van der Waals surface area contributed by atoms with Crippen LogP contribution in [0.3, 0.4) is 0 Å². The molecule has 4 nitrogen and oxygen atoms in total. The average molecular weight is 265 g/mol. The van der Waals surface area contributed by atoms with Gasteiger partial charge in [-0.1, -0.05) is 42.5 Å². The first-order chi connectivity index (χ1) is 9.79. The van der Waals surface area contributed by atoms with Gasteiger partial charge in [0.15, 0.2) is 11.6 Å². The molecule has 0 aliphatic carbocycles. The van der Waals surface area contributed by atoms with Crippen LogP contribution in [-0.4, -0.2) is 21.9 Å². The summed E-state index contributed by atoms with van der Waals surface area (Å²) in [5, 5.41) is 4.49. The Kier molecular flexibility index (Phi) is 3.21. The van der Waals surface area contributed by atoms with Crippen LogP contribution in [0.25, 0.3) is 22.8 Å². The van der Waals surface area contributed by atoms with E-state index in [1.54, 1.807) is 11.8 Å². The lowest BCUT2D eigenvalue weighted by molar-refractivity contribution is 0.416. The number of methoxy groups -OCH3 is 1. The van der Waals surface area contributed by atoms with Gasteiger partial charge >= 0.3 is 0 Å².